The minimum atomic E-state index is -0.615. The summed E-state index contributed by atoms with van der Waals surface area (Å²) in [6.45, 7) is 7.13. The summed E-state index contributed by atoms with van der Waals surface area (Å²) >= 11 is 0. The predicted octanol–water partition coefficient (Wildman–Crippen LogP) is 7.02. The van der Waals surface area contributed by atoms with Crippen molar-refractivity contribution < 1.29 is 0 Å². The van der Waals surface area contributed by atoms with Crippen molar-refractivity contribution in [3.05, 3.63) is 102 Å². The molecule has 2 fully saturated rings. The molecule has 3 aromatic carbocycles. The maximum Gasteiger partial charge on any atom is 0.150 e. The van der Waals surface area contributed by atoms with E-state index >= 15 is 0 Å². The van der Waals surface area contributed by atoms with Crippen LogP contribution in [-0.2, 0) is 0 Å². The molecule has 2 saturated heterocycles. The molecule has 3 aromatic rings. The highest BCUT2D eigenvalue weighted by Crippen LogP contribution is 2.63. The Hall–Kier alpha value is -2.19. The highest BCUT2D eigenvalue weighted by atomic mass is 31.2. The van der Waals surface area contributed by atoms with E-state index in [0.29, 0.717) is 18.1 Å². The smallest absolute Gasteiger partial charge is 0.150 e. The number of hydrogen-bond acceptors (Lipinski definition) is 3. The first-order valence-corrected chi connectivity index (χ1v) is 12.7. The largest absolute Gasteiger partial charge is 0.324 e. The molecule has 4 heteroatoms. The molecule has 0 radical (unpaired) electrons. The van der Waals surface area contributed by atoms with E-state index in [1.807, 2.05) is 0 Å². The van der Waals surface area contributed by atoms with Gasteiger partial charge in [-0.15, -0.1) is 0 Å². The normalized spacial score (nSPS) is 23.1. The van der Waals surface area contributed by atoms with Gasteiger partial charge in [0, 0.05) is 36.9 Å². The van der Waals surface area contributed by atoms with Crippen LogP contribution in [0.25, 0.3) is 0 Å². The number of hydrogen-bond donors (Lipinski definition) is 0. The maximum atomic E-state index is 2.82. The lowest BCUT2D eigenvalue weighted by atomic mass is 10.0. The molecule has 2 aliphatic rings. The third kappa shape index (κ3) is 4.03. The second-order valence-electron chi connectivity index (χ2n) is 8.70. The lowest BCUT2D eigenvalue weighted by Crippen LogP contribution is -2.34. The summed E-state index contributed by atoms with van der Waals surface area (Å²) in [7, 11) is -0.615. The lowest BCUT2D eigenvalue weighted by molar-refractivity contribution is 0.279. The third-order valence-corrected chi connectivity index (χ3v) is 9.71. The fourth-order valence-electron chi connectivity index (χ4n) is 5.13. The van der Waals surface area contributed by atoms with Crippen molar-refractivity contribution in [2.45, 2.75) is 44.8 Å². The van der Waals surface area contributed by atoms with E-state index in [1.54, 1.807) is 0 Å². The average molecular weight is 430 g/mol. The highest BCUT2D eigenvalue weighted by Gasteiger charge is 2.48. The Morgan fingerprint density at radius 3 is 1.84 bits per heavy atom. The summed E-state index contributed by atoms with van der Waals surface area (Å²) in [6, 6.07) is 34.5. The Morgan fingerprint density at radius 2 is 1.29 bits per heavy atom. The fourth-order valence-corrected chi connectivity index (χ4v) is 8.29. The quantitative estimate of drug-likeness (QED) is 0.390. The van der Waals surface area contributed by atoms with Crippen molar-refractivity contribution in [1.29, 1.82) is 0 Å². The Labute approximate surface area is 188 Å². The van der Waals surface area contributed by atoms with Gasteiger partial charge >= 0.3 is 0 Å². The summed E-state index contributed by atoms with van der Waals surface area (Å²) < 4.78 is 8.33. The first-order chi connectivity index (χ1) is 15.2. The summed E-state index contributed by atoms with van der Waals surface area (Å²) in [6.07, 6.45) is 2.63. The van der Waals surface area contributed by atoms with Crippen LogP contribution in [0.5, 0.6) is 0 Å². The first-order valence-electron chi connectivity index (χ1n) is 11.5. The van der Waals surface area contributed by atoms with Gasteiger partial charge in [0.2, 0.25) is 0 Å². The monoisotopic (exact) mass is 429 g/mol. The van der Waals surface area contributed by atoms with Crippen LogP contribution in [0.1, 0.15) is 49.9 Å². The topological polar surface area (TPSA) is 9.72 Å². The van der Waals surface area contributed by atoms with Crippen LogP contribution in [0.2, 0.25) is 0 Å². The van der Waals surface area contributed by atoms with Gasteiger partial charge in [-0.3, -0.25) is 0 Å². The second kappa shape index (κ2) is 9.12. The summed E-state index contributed by atoms with van der Waals surface area (Å²) in [5.41, 5.74) is 4.14. The van der Waals surface area contributed by atoms with Crippen molar-refractivity contribution in [3.8, 4) is 0 Å². The molecule has 3 nitrogen and oxygen atoms in total. The molecule has 0 amide bonds. The zero-order valence-electron chi connectivity index (χ0n) is 18.5. The van der Waals surface area contributed by atoms with Gasteiger partial charge in [-0.25, -0.2) is 9.34 Å². The molecule has 0 N–H and O–H groups in total. The molecule has 5 rings (SSSR count). The van der Waals surface area contributed by atoms with Gasteiger partial charge in [0.1, 0.15) is 0 Å². The predicted molar refractivity (Wildman–Crippen MR) is 132 cm³/mol. The Kier molecular flexibility index (Phi) is 6.09. The maximum absolute atomic E-state index is 2.82. The molecule has 2 aliphatic heterocycles. The van der Waals surface area contributed by atoms with E-state index in [1.165, 1.54) is 36.2 Å². The molecule has 0 aromatic heterocycles. The molecule has 0 bridgehead atoms. The Bertz CT molecular complexity index is 920. The van der Waals surface area contributed by atoms with Gasteiger partial charge < -0.3 is 4.67 Å². The van der Waals surface area contributed by atoms with Crippen LogP contribution in [0.15, 0.2) is 91.0 Å². The second-order valence-corrected chi connectivity index (χ2v) is 10.7. The average Bonchev–Trinajstić information content (AvgIpc) is 3.43. The van der Waals surface area contributed by atoms with Crippen molar-refractivity contribution in [1.82, 2.24) is 9.34 Å². The van der Waals surface area contributed by atoms with Crippen molar-refractivity contribution >= 4 is 14.1 Å². The van der Waals surface area contributed by atoms with Gasteiger partial charge in [0.25, 0.3) is 0 Å². The van der Waals surface area contributed by atoms with Crippen LogP contribution in [0, 0.1) is 0 Å². The van der Waals surface area contributed by atoms with Gasteiger partial charge in [0.15, 0.2) is 8.37 Å². The van der Waals surface area contributed by atoms with E-state index in [4.69, 9.17) is 0 Å². The van der Waals surface area contributed by atoms with E-state index in [0.717, 1.165) is 6.54 Å². The van der Waals surface area contributed by atoms with Gasteiger partial charge in [0.05, 0.1) is 0 Å². The van der Waals surface area contributed by atoms with Crippen molar-refractivity contribution in [2.75, 3.05) is 17.8 Å². The number of benzene rings is 3. The van der Waals surface area contributed by atoms with E-state index in [-0.39, 0.29) is 0 Å². The van der Waals surface area contributed by atoms with Crippen LogP contribution in [0.4, 0.5) is 5.69 Å². The van der Waals surface area contributed by atoms with E-state index < -0.39 is 8.37 Å². The van der Waals surface area contributed by atoms with Gasteiger partial charge in [-0.2, -0.15) is 0 Å². The van der Waals surface area contributed by atoms with E-state index in [2.05, 4.69) is 119 Å². The highest BCUT2D eigenvalue weighted by molar-refractivity contribution is 7.55. The minimum absolute atomic E-state index is 0.327. The molecule has 2 heterocycles. The lowest BCUT2D eigenvalue weighted by Gasteiger charge is -2.45. The van der Waals surface area contributed by atoms with Crippen LogP contribution < -0.4 is 4.67 Å². The standard InChI is InChI=1S/C27H32N3P/c1-22(24-13-6-3-7-14-24)30(23(2)25-15-8-4-9-16-25)31-28-20-12-19-27(28)21-29(31)26-17-10-5-11-18-26/h3-11,13-18,22-23,27H,12,19-21H2,1-2H3/t22-,23-,27+,31?/m1/s1. The summed E-state index contributed by atoms with van der Waals surface area (Å²) in [4.78, 5) is 0. The summed E-state index contributed by atoms with van der Waals surface area (Å²) in [5, 5.41) is 0. The molecule has 31 heavy (non-hydrogen) atoms. The number of anilines is 1. The molecule has 0 aliphatic carbocycles. The third-order valence-electron chi connectivity index (χ3n) is 6.79. The van der Waals surface area contributed by atoms with Gasteiger partial charge in [-0.1, -0.05) is 78.9 Å². The Morgan fingerprint density at radius 1 is 0.774 bits per heavy atom. The van der Waals surface area contributed by atoms with Gasteiger partial charge in [-0.05, 0) is 49.9 Å². The summed E-state index contributed by atoms with van der Waals surface area (Å²) in [5.74, 6) is 0. The molecule has 0 saturated carbocycles. The molecule has 4 atom stereocenters. The van der Waals surface area contributed by atoms with E-state index in [9.17, 15) is 0 Å². The number of rotatable bonds is 6. The van der Waals surface area contributed by atoms with Crippen LogP contribution >= 0.6 is 8.37 Å². The van der Waals surface area contributed by atoms with Crippen molar-refractivity contribution in [3.63, 3.8) is 0 Å². The zero-order valence-corrected chi connectivity index (χ0v) is 19.4. The Balaban J connectivity index is 1.59. The minimum Gasteiger partial charge on any atom is -0.324 e. The fraction of sp³-hybridized carbons (Fsp3) is 0.333. The molecule has 160 valence electrons. The molecule has 0 spiro atoms. The number of fused-ring (bicyclic) bond motifs is 1. The molecular formula is C27H32N3P. The van der Waals surface area contributed by atoms with Crippen LogP contribution in [-0.4, -0.2) is 28.5 Å². The molecular weight excluding hydrogens is 397 g/mol. The zero-order chi connectivity index (χ0) is 21.2. The van der Waals surface area contributed by atoms with Crippen LogP contribution in [0.3, 0.4) is 0 Å². The first kappa shape index (κ1) is 20.7. The number of para-hydroxylation sites is 1. The SMILES string of the molecule is C[C@H](c1ccccc1)N([C@H](C)c1ccccc1)P1N(c2ccccc2)C[C@@H]2CCCN21. The molecule has 1 unspecified atom stereocenters. The van der Waals surface area contributed by atoms with Crippen molar-refractivity contribution in [2.24, 2.45) is 0 Å². The number of nitrogens with zero attached hydrogens (tertiary/aromatic N) is 3.